The number of halogens is 1. The fourth-order valence-corrected chi connectivity index (χ4v) is 4.97. The number of hydrogen-bond donors (Lipinski definition) is 1. The number of ether oxygens (including phenoxy) is 1. The van der Waals surface area contributed by atoms with Crippen LogP contribution >= 0.6 is 11.6 Å². The molecule has 1 fully saturated rings. The number of nitrogens with one attached hydrogen (secondary N) is 1. The van der Waals surface area contributed by atoms with Crippen LogP contribution in [0.15, 0.2) is 41.4 Å². The van der Waals surface area contributed by atoms with Crippen LogP contribution in [0.3, 0.4) is 0 Å². The van der Waals surface area contributed by atoms with Crippen LogP contribution in [-0.2, 0) is 0 Å². The van der Waals surface area contributed by atoms with Crippen LogP contribution in [0.5, 0.6) is 5.75 Å². The zero-order chi connectivity index (χ0) is 20.9. The number of fused-ring (bicyclic) bond motifs is 1. The van der Waals surface area contributed by atoms with Gasteiger partial charge < -0.3 is 10.1 Å². The molecular formula is C26H33ClN2O. The summed E-state index contributed by atoms with van der Waals surface area (Å²) in [6, 6.07) is 12.0. The van der Waals surface area contributed by atoms with Gasteiger partial charge in [-0.15, -0.1) is 0 Å². The van der Waals surface area contributed by atoms with Crippen molar-refractivity contribution in [1.82, 2.24) is 5.32 Å². The molecule has 0 saturated carbocycles. The van der Waals surface area contributed by atoms with Gasteiger partial charge in [-0.05, 0) is 99.1 Å². The van der Waals surface area contributed by atoms with E-state index in [0.29, 0.717) is 12.5 Å². The third-order valence-corrected chi connectivity index (χ3v) is 7.04. The predicted octanol–water partition coefficient (Wildman–Crippen LogP) is 6.77. The normalized spacial score (nSPS) is 18.9. The molecule has 2 aromatic rings. The average Bonchev–Trinajstić information content (AvgIpc) is 3.12. The van der Waals surface area contributed by atoms with Gasteiger partial charge in [0.05, 0.1) is 11.4 Å². The summed E-state index contributed by atoms with van der Waals surface area (Å²) < 4.78 is 6.08. The number of hydrogen-bond acceptors (Lipinski definition) is 3. The molecule has 0 radical (unpaired) electrons. The number of piperidine rings is 1. The Hall–Kier alpha value is -1.84. The van der Waals surface area contributed by atoms with Gasteiger partial charge in [-0.1, -0.05) is 36.9 Å². The lowest BCUT2D eigenvalue weighted by Crippen LogP contribution is -2.27. The highest BCUT2D eigenvalue weighted by Crippen LogP contribution is 2.42. The highest BCUT2D eigenvalue weighted by molar-refractivity contribution is 6.30. The molecule has 0 amide bonds. The van der Waals surface area contributed by atoms with Crippen LogP contribution in [0.1, 0.15) is 61.1 Å². The molecule has 1 atom stereocenters. The summed E-state index contributed by atoms with van der Waals surface area (Å²) in [5.41, 5.74) is 6.46. The van der Waals surface area contributed by atoms with Crippen molar-refractivity contribution in [2.45, 2.75) is 58.3 Å². The second kappa shape index (κ2) is 9.98. The van der Waals surface area contributed by atoms with E-state index < -0.39 is 0 Å². The van der Waals surface area contributed by atoms with Crippen molar-refractivity contribution in [3.63, 3.8) is 0 Å². The van der Waals surface area contributed by atoms with Gasteiger partial charge in [0.2, 0.25) is 0 Å². The van der Waals surface area contributed by atoms with Crippen LogP contribution in [0.25, 0.3) is 0 Å². The first-order valence-corrected chi connectivity index (χ1v) is 11.8. The van der Waals surface area contributed by atoms with Crippen molar-refractivity contribution in [3.8, 4) is 5.75 Å². The molecule has 2 aliphatic heterocycles. The molecule has 0 aromatic heterocycles. The molecule has 2 aliphatic rings. The van der Waals surface area contributed by atoms with Crippen molar-refractivity contribution in [2.75, 3.05) is 19.7 Å². The molecule has 4 rings (SSSR count). The molecule has 1 unspecified atom stereocenters. The molecule has 2 aromatic carbocycles. The van der Waals surface area contributed by atoms with Gasteiger partial charge in [0.15, 0.2) is 0 Å². The standard InChI is InChI=1S/C26H33ClN2O/c1-18-7-12-24-26(19(18)2)23(6-4-3-5-20-13-15-28-16-14-20)25(29-24)17-30-22-10-8-21(27)9-11-22/h7-12,20,23,28H,3-6,13-17H2,1-2H3. The molecule has 1 saturated heterocycles. The van der Waals surface area contributed by atoms with Gasteiger partial charge in [0.25, 0.3) is 0 Å². The highest BCUT2D eigenvalue weighted by atomic mass is 35.5. The Labute approximate surface area is 185 Å². The van der Waals surface area contributed by atoms with E-state index in [0.717, 1.165) is 34.5 Å². The van der Waals surface area contributed by atoms with Crippen molar-refractivity contribution >= 4 is 23.0 Å². The fourth-order valence-electron chi connectivity index (χ4n) is 4.84. The zero-order valence-electron chi connectivity index (χ0n) is 18.2. The number of unbranched alkanes of at least 4 members (excludes halogenated alkanes) is 1. The van der Waals surface area contributed by atoms with Crippen LogP contribution in [-0.4, -0.2) is 25.4 Å². The lowest BCUT2D eigenvalue weighted by molar-refractivity contribution is 0.341. The molecule has 0 bridgehead atoms. The van der Waals surface area contributed by atoms with E-state index in [-0.39, 0.29) is 0 Å². The summed E-state index contributed by atoms with van der Waals surface area (Å²) in [4.78, 5) is 4.99. The van der Waals surface area contributed by atoms with Gasteiger partial charge in [0.1, 0.15) is 12.4 Å². The first-order valence-electron chi connectivity index (χ1n) is 11.4. The minimum atomic E-state index is 0.375. The quantitative estimate of drug-likeness (QED) is 0.474. The average molecular weight is 425 g/mol. The number of aliphatic imine (C=N–C) groups is 1. The molecule has 0 aliphatic carbocycles. The number of rotatable bonds is 8. The predicted molar refractivity (Wildman–Crippen MR) is 127 cm³/mol. The van der Waals surface area contributed by atoms with E-state index in [4.69, 9.17) is 21.3 Å². The lowest BCUT2D eigenvalue weighted by Gasteiger charge is -2.23. The SMILES string of the molecule is Cc1ccc2c(c1C)C(CCCCC1CCNCC1)C(COc1ccc(Cl)cc1)=N2. The maximum Gasteiger partial charge on any atom is 0.127 e. The lowest BCUT2D eigenvalue weighted by atomic mass is 9.85. The van der Waals surface area contributed by atoms with Crippen LogP contribution in [0, 0.1) is 19.8 Å². The zero-order valence-corrected chi connectivity index (χ0v) is 19.0. The molecule has 3 nitrogen and oxygen atoms in total. The molecule has 4 heteroatoms. The van der Waals surface area contributed by atoms with Crippen molar-refractivity contribution < 1.29 is 4.74 Å². The fraction of sp³-hybridized carbons (Fsp3) is 0.500. The Kier molecular flexibility index (Phi) is 7.12. The monoisotopic (exact) mass is 424 g/mol. The smallest absolute Gasteiger partial charge is 0.127 e. The Morgan fingerprint density at radius 1 is 1.00 bits per heavy atom. The highest BCUT2D eigenvalue weighted by Gasteiger charge is 2.29. The first kappa shape index (κ1) is 21.4. The van der Waals surface area contributed by atoms with Gasteiger partial charge in [-0.3, -0.25) is 4.99 Å². The Morgan fingerprint density at radius 3 is 2.50 bits per heavy atom. The maximum absolute atomic E-state index is 6.08. The van der Waals surface area contributed by atoms with Crippen LogP contribution in [0.2, 0.25) is 5.02 Å². The van der Waals surface area contributed by atoms with Crippen LogP contribution in [0.4, 0.5) is 5.69 Å². The summed E-state index contributed by atoms with van der Waals surface area (Å²) in [6.45, 7) is 7.37. The third kappa shape index (κ3) is 5.07. The van der Waals surface area contributed by atoms with Gasteiger partial charge in [-0.2, -0.15) is 0 Å². The number of aryl methyl sites for hydroxylation is 1. The molecule has 30 heavy (non-hydrogen) atoms. The van der Waals surface area contributed by atoms with E-state index in [1.165, 1.54) is 61.9 Å². The van der Waals surface area contributed by atoms with E-state index in [2.05, 4.69) is 31.3 Å². The van der Waals surface area contributed by atoms with E-state index in [1.54, 1.807) is 0 Å². The molecule has 0 spiro atoms. The van der Waals surface area contributed by atoms with Crippen molar-refractivity contribution in [2.24, 2.45) is 10.9 Å². The molecular weight excluding hydrogens is 392 g/mol. The van der Waals surface area contributed by atoms with Gasteiger partial charge >= 0.3 is 0 Å². The van der Waals surface area contributed by atoms with Crippen LogP contribution < -0.4 is 10.1 Å². The second-order valence-electron chi connectivity index (χ2n) is 8.82. The largest absolute Gasteiger partial charge is 0.488 e. The molecule has 160 valence electrons. The Balaban J connectivity index is 1.41. The third-order valence-electron chi connectivity index (χ3n) is 6.79. The van der Waals surface area contributed by atoms with E-state index in [1.807, 2.05) is 24.3 Å². The van der Waals surface area contributed by atoms with Crippen molar-refractivity contribution in [3.05, 3.63) is 58.1 Å². The molecule has 1 N–H and O–H groups in total. The summed E-state index contributed by atoms with van der Waals surface area (Å²) in [7, 11) is 0. The minimum Gasteiger partial charge on any atom is -0.488 e. The topological polar surface area (TPSA) is 33.6 Å². The Bertz CT molecular complexity index is 885. The Morgan fingerprint density at radius 2 is 1.73 bits per heavy atom. The number of nitrogens with zero attached hydrogens (tertiary/aromatic N) is 1. The van der Waals surface area contributed by atoms with E-state index >= 15 is 0 Å². The molecule has 2 heterocycles. The summed E-state index contributed by atoms with van der Waals surface area (Å²) >= 11 is 6.00. The maximum atomic E-state index is 6.08. The van der Waals surface area contributed by atoms with Crippen molar-refractivity contribution in [1.29, 1.82) is 0 Å². The van der Waals surface area contributed by atoms with Gasteiger partial charge in [0, 0.05) is 10.9 Å². The summed E-state index contributed by atoms with van der Waals surface area (Å²) in [5.74, 6) is 2.13. The first-order chi connectivity index (χ1) is 14.6. The number of benzene rings is 2. The second-order valence-corrected chi connectivity index (χ2v) is 9.25. The van der Waals surface area contributed by atoms with E-state index in [9.17, 15) is 0 Å². The summed E-state index contributed by atoms with van der Waals surface area (Å²) in [5, 5.41) is 4.20. The van der Waals surface area contributed by atoms with Gasteiger partial charge in [-0.25, -0.2) is 0 Å². The minimum absolute atomic E-state index is 0.375. The summed E-state index contributed by atoms with van der Waals surface area (Å²) in [6.07, 6.45) is 7.76.